The van der Waals surface area contributed by atoms with E-state index in [-0.39, 0.29) is 5.60 Å². The van der Waals surface area contributed by atoms with Gasteiger partial charge in [-0.15, -0.1) is 0 Å². The fourth-order valence-corrected chi connectivity index (χ4v) is 3.97. The van der Waals surface area contributed by atoms with Crippen LogP contribution in [-0.4, -0.2) is 10.7 Å². The van der Waals surface area contributed by atoms with Crippen molar-refractivity contribution in [2.45, 2.75) is 110 Å². The van der Waals surface area contributed by atoms with E-state index in [9.17, 15) is 5.11 Å². The van der Waals surface area contributed by atoms with Crippen LogP contribution in [-0.2, 0) is 0 Å². The number of hydrogen-bond acceptors (Lipinski definition) is 1. The number of unbranched alkanes of at least 4 members (excludes halogenated alkanes) is 6. The van der Waals surface area contributed by atoms with Crippen molar-refractivity contribution in [3.63, 3.8) is 0 Å². The largest absolute Gasteiger partial charge is 0.390 e. The Balaban J connectivity index is 2.14. The summed E-state index contributed by atoms with van der Waals surface area (Å²) in [5, 5.41) is 10.8. The summed E-state index contributed by atoms with van der Waals surface area (Å²) in [6, 6.07) is 0. The van der Waals surface area contributed by atoms with Crippen LogP contribution < -0.4 is 0 Å². The van der Waals surface area contributed by atoms with Gasteiger partial charge in [0.1, 0.15) is 0 Å². The van der Waals surface area contributed by atoms with Gasteiger partial charge >= 0.3 is 0 Å². The summed E-state index contributed by atoms with van der Waals surface area (Å²) in [5.74, 6) is 1.55. The molecule has 0 saturated heterocycles. The Bertz CT molecular complexity index is 236. The molecule has 0 radical (unpaired) electrons. The molecule has 0 amide bonds. The molecule has 1 heteroatoms. The lowest BCUT2D eigenvalue weighted by Gasteiger charge is -2.37. The van der Waals surface area contributed by atoms with E-state index >= 15 is 0 Å². The first-order valence-electron chi connectivity index (χ1n) is 9.28. The van der Waals surface area contributed by atoms with Gasteiger partial charge in [-0.3, -0.25) is 0 Å². The number of rotatable bonds is 10. The maximum Gasteiger partial charge on any atom is 0.0650 e. The highest BCUT2D eigenvalue weighted by Gasteiger charge is 2.33. The van der Waals surface area contributed by atoms with Crippen molar-refractivity contribution >= 4 is 0 Å². The summed E-state index contributed by atoms with van der Waals surface area (Å²) in [7, 11) is 0. The smallest absolute Gasteiger partial charge is 0.0650 e. The molecule has 1 rings (SSSR count). The molecule has 0 bridgehead atoms. The van der Waals surface area contributed by atoms with Crippen LogP contribution in [0, 0.1) is 11.8 Å². The van der Waals surface area contributed by atoms with Crippen LogP contribution in [0.1, 0.15) is 104 Å². The Morgan fingerprint density at radius 2 is 1.70 bits per heavy atom. The molecule has 1 nitrogen and oxygen atoms in total. The third kappa shape index (κ3) is 7.67. The Morgan fingerprint density at radius 1 is 1.05 bits per heavy atom. The topological polar surface area (TPSA) is 20.2 Å². The first-order valence-corrected chi connectivity index (χ1v) is 9.28. The van der Waals surface area contributed by atoms with E-state index in [1.54, 1.807) is 0 Å². The van der Waals surface area contributed by atoms with Gasteiger partial charge in [-0.1, -0.05) is 78.6 Å². The molecular weight excluding hydrogens is 244 g/mol. The average Bonchev–Trinajstić information content (AvgIpc) is 2.37. The van der Waals surface area contributed by atoms with E-state index in [1.165, 1.54) is 64.2 Å². The van der Waals surface area contributed by atoms with Crippen LogP contribution in [0.5, 0.6) is 0 Å². The summed E-state index contributed by atoms with van der Waals surface area (Å²) in [4.78, 5) is 0. The molecule has 1 aliphatic carbocycles. The van der Waals surface area contributed by atoms with Gasteiger partial charge in [0.15, 0.2) is 0 Å². The van der Waals surface area contributed by atoms with Crippen LogP contribution in [0.15, 0.2) is 0 Å². The molecule has 2 atom stereocenters. The minimum Gasteiger partial charge on any atom is -0.390 e. The normalized spacial score (nSPS) is 27.1. The minimum absolute atomic E-state index is 0.318. The van der Waals surface area contributed by atoms with E-state index in [1.807, 2.05) is 0 Å². The van der Waals surface area contributed by atoms with Gasteiger partial charge in [0.05, 0.1) is 5.60 Å². The van der Waals surface area contributed by atoms with Crippen molar-refractivity contribution in [3.05, 3.63) is 0 Å². The van der Waals surface area contributed by atoms with E-state index in [2.05, 4.69) is 20.8 Å². The quantitative estimate of drug-likeness (QED) is 0.480. The van der Waals surface area contributed by atoms with Gasteiger partial charge in [-0.2, -0.15) is 0 Å². The predicted octanol–water partition coefficient (Wildman–Crippen LogP) is 6.09. The van der Waals surface area contributed by atoms with Crippen LogP contribution >= 0.6 is 0 Å². The summed E-state index contributed by atoms with van der Waals surface area (Å²) < 4.78 is 0. The second-order valence-electron chi connectivity index (χ2n) is 7.69. The lowest BCUT2D eigenvalue weighted by Crippen LogP contribution is -2.35. The minimum atomic E-state index is -0.318. The highest BCUT2D eigenvalue weighted by molar-refractivity contribution is 4.86. The van der Waals surface area contributed by atoms with Crippen molar-refractivity contribution < 1.29 is 5.11 Å². The maximum atomic E-state index is 10.8. The monoisotopic (exact) mass is 282 g/mol. The molecule has 120 valence electrons. The summed E-state index contributed by atoms with van der Waals surface area (Å²) in [5.41, 5.74) is -0.318. The summed E-state index contributed by atoms with van der Waals surface area (Å²) in [6.07, 6.45) is 16.5. The molecular formula is C19H38O. The number of aliphatic hydroxyl groups is 1. The highest BCUT2D eigenvalue weighted by Crippen LogP contribution is 2.38. The van der Waals surface area contributed by atoms with E-state index in [4.69, 9.17) is 0 Å². The van der Waals surface area contributed by atoms with Gasteiger partial charge < -0.3 is 5.11 Å². The second-order valence-corrected chi connectivity index (χ2v) is 7.69. The lowest BCUT2D eigenvalue weighted by molar-refractivity contribution is -0.0281. The third-order valence-corrected chi connectivity index (χ3v) is 4.97. The maximum absolute atomic E-state index is 10.8. The molecule has 1 N–H and O–H groups in total. The van der Waals surface area contributed by atoms with E-state index < -0.39 is 0 Å². The van der Waals surface area contributed by atoms with Gasteiger partial charge in [-0.25, -0.2) is 0 Å². The molecule has 0 heterocycles. The molecule has 0 aromatic heterocycles. The standard InChI is InChI=1S/C19H38O/c1-4-5-6-7-8-9-10-13-19(20)14-11-12-18(16-19)15-17(2)3/h17-18,20H,4-16H2,1-3H3. The van der Waals surface area contributed by atoms with Crippen LogP contribution in [0.3, 0.4) is 0 Å². The first-order chi connectivity index (χ1) is 9.56. The van der Waals surface area contributed by atoms with Crippen molar-refractivity contribution in [2.24, 2.45) is 11.8 Å². The Morgan fingerprint density at radius 3 is 2.35 bits per heavy atom. The van der Waals surface area contributed by atoms with Crippen LogP contribution in [0.25, 0.3) is 0 Å². The van der Waals surface area contributed by atoms with Gasteiger partial charge in [0, 0.05) is 0 Å². The predicted molar refractivity (Wildman–Crippen MR) is 89.0 cm³/mol. The van der Waals surface area contributed by atoms with Gasteiger partial charge in [0.2, 0.25) is 0 Å². The van der Waals surface area contributed by atoms with Crippen molar-refractivity contribution in [3.8, 4) is 0 Å². The summed E-state index contributed by atoms with van der Waals surface area (Å²) >= 11 is 0. The molecule has 0 aliphatic heterocycles. The molecule has 1 saturated carbocycles. The molecule has 2 unspecified atom stereocenters. The van der Waals surface area contributed by atoms with Gasteiger partial charge in [-0.05, 0) is 37.5 Å². The lowest BCUT2D eigenvalue weighted by atomic mass is 9.73. The Kier molecular flexibility index (Phi) is 8.84. The average molecular weight is 283 g/mol. The zero-order chi connectivity index (χ0) is 14.8. The molecule has 20 heavy (non-hydrogen) atoms. The molecule has 1 fully saturated rings. The Labute approximate surface area is 127 Å². The second kappa shape index (κ2) is 9.82. The molecule has 0 aromatic carbocycles. The first kappa shape index (κ1) is 18.0. The van der Waals surface area contributed by atoms with Crippen molar-refractivity contribution in [1.29, 1.82) is 0 Å². The Hall–Kier alpha value is -0.0400. The number of hydrogen-bond donors (Lipinski definition) is 1. The van der Waals surface area contributed by atoms with E-state index in [0.717, 1.165) is 31.1 Å². The highest BCUT2D eigenvalue weighted by atomic mass is 16.3. The third-order valence-electron chi connectivity index (χ3n) is 4.97. The van der Waals surface area contributed by atoms with Crippen LogP contribution in [0.4, 0.5) is 0 Å². The van der Waals surface area contributed by atoms with E-state index in [0.29, 0.717) is 0 Å². The van der Waals surface area contributed by atoms with Gasteiger partial charge in [0.25, 0.3) is 0 Å². The molecule has 1 aliphatic rings. The summed E-state index contributed by atoms with van der Waals surface area (Å²) in [6.45, 7) is 6.89. The SMILES string of the molecule is CCCCCCCCCC1(O)CCCC(CC(C)C)C1. The molecule has 0 aromatic rings. The van der Waals surface area contributed by atoms with Crippen LogP contribution in [0.2, 0.25) is 0 Å². The fraction of sp³-hybridized carbons (Fsp3) is 1.00. The zero-order valence-corrected chi connectivity index (χ0v) is 14.3. The zero-order valence-electron chi connectivity index (χ0n) is 14.3. The van der Waals surface area contributed by atoms with Crippen molar-refractivity contribution in [2.75, 3.05) is 0 Å². The van der Waals surface area contributed by atoms with Crippen molar-refractivity contribution in [1.82, 2.24) is 0 Å². The molecule has 0 spiro atoms. The fourth-order valence-electron chi connectivity index (χ4n) is 3.97.